The van der Waals surface area contributed by atoms with Gasteiger partial charge >= 0.3 is 5.97 Å². The summed E-state index contributed by atoms with van der Waals surface area (Å²) in [5.41, 5.74) is 5.70. The van der Waals surface area contributed by atoms with Gasteiger partial charge in [-0.25, -0.2) is 0 Å². The summed E-state index contributed by atoms with van der Waals surface area (Å²) in [6.45, 7) is 4.41. The van der Waals surface area contributed by atoms with E-state index in [0.29, 0.717) is 24.6 Å². The summed E-state index contributed by atoms with van der Waals surface area (Å²) in [6, 6.07) is 7.26. The molecule has 0 saturated carbocycles. The van der Waals surface area contributed by atoms with E-state index < -0.39 is 5.41 Å². The maximum atomic E-state index is 12.0. The number of benzene rings is 1. The van der Waals surface area contributed by atoms with E-state index in [1.807, 2.05) is 19.1 Å². The predicted molar refractivity (Wildman–Crippen MR) is 69.1 cm³/mol. The van der Waals surface area contributed by atoms with Gasteiger partial charge in [-0.3, -0.25) is 4.79 Å². The second kappa shape index (κ2) is 6.03. The molecular weight excluding hydrogens is 238 g/mol. The molecule has 0 heterocycles. The van der Waals surface area contributed by atoms with Crippen molar-refractivity contribution in [2.24, 2.45) is 5.73 Å². The third-order valence-electron chi connectivity index (χ3n) is 2.83. The molecule has 0 aliphatic rings. The van der Waals surface area contributed by atoms with E-state index in [-0.39, 0.29) is 5.97 Å². The van der Waals surface area contributed by atoms with Crippen LogP contribution in [-0.4, -0.2) is 19.1 Å². The SMILES string of the molecule is CCOC(=O)C(C)(CCN)c1cccc(Cl)c1. The molecular formula is C13H18ClNO2. The van der Waals surface area contributed by atoms with Gasteiger partial charge in [-0.05, 0) is 44.5 Å². The smallest absolute Gasteiger partial charge is 0.316 e. The van der Waals surface area contributed by atoms with Gasteiger partial charge in [0, 0.05) is 5.02 Å². The Morgan fingerprint density at radius 2 is 2.24 bits per heavy atom. The fourth-order valence-electron chi connectivity index (χ4n) is 1.77. The molecule has 2 N–H and O–H groups in total. The molecule has 94 valence electrons. The summed E-state index contributed by atoms with van der Waals surface area (Å²) in [7, 11) is 0. The Labute approximate surface area is 107 Å². The van der Waals surface area contributed by atoms with E-state index in [1.165, 1.54) is 0 Å². The second-order valence-corrected chi connectivity index (χ2v) is 4.54. The Hall–Kier alpha value is -1.06. The summed E-state index contributed by atoms with van der Waals surface area (Å²) < 4.78 is 5.12. The molecule has 0 aliphatic heterocycles. The van der Waals surface area contributed by atoms with Crippen molar-refractivity contribution in [2.45, 2.75) is 25.7 Å². The quantitative estimate of drug-likeness (QED) is 0.823. The summed E-state index contributed by atoms with van der Waals surface area (Å²) >= 11 is 5.95. The first-order valence-corrected chi connectivity index (χ1v) is 6.05. The Balaban J connectivity index is 3.10. The maximum Gasteiger partial charge on any atom is 0.316 e. The molecule has 0 amide bonds. The Bertz CT molecular complexity index is 395. The highest BCUT2D eigenvalue weighted by Gasteiger charge is 2.36. The molecule has 1 unspecified atom stereocenters. The molecule has 0 aliphatic carbocycles. The standard InChI is InChI=1S/C13H18ClNO2/c1-3-17-12(16)13(2,7-8-15)10-5-4-6-11(14)9-10/h4-6,9H,3,7-8,15H2,1-2H3. The number of esters is 1. The van der Waals surface area contributed by atoms with Crippen LogP contribution < -0.4 is 5.73 Å². The monoisotopic (exact) mass is 255 g/mol. The van der Waals surface area contributed by atoms with Crippen LogP contribution in [0.2, 0.25) is 5.02 Å². The minimum absolute atomic E-state index is 0.257. The Morgan fingerprint density at radius 1 is 1.53 bits per heavy atom. The van der Waals surface area contributed by atoms with E-state index in [9.17, 15) is 4.79 Å². The van der Waals surface area contributed by atoms with Crippen LogP contribution in [0.15, 0.2) is 24.3 Å². The molecule has 3 nitrogen and oxygen atoms in total. The lowest BCUT2D eigenvalue weighted by atomic mass is 9.79. The minimum atomic E-state index is -0.727. The molecule has 17 heavy (non-hydrogen) atoms. The van der Waals surface area contributed by atoms with Crippen molar-refractivity contribution in [3.05, 3.63) is 34.9 Å². The van der Waals surface area contributed by atoms with Gasteiger partial charge in [0.15, 0.2) is 0 Å². The summed E-state index contributed by atoms with van der Waals surface area (Å²) in [5.74, 6) is -0.257. The number of halogens is 1. The molecule has 0 saturated heterocycles. The van der Waals surface area contributed by atoms with Crippen molar-refractivity contribution in [1.82, 2.24) is 0 Å². The highest BCUT2D eigenvalue weighted by Crippen LogP contribution is 2.30. The van der Waals surface area contributed by atoms with Gasteiger partial charge < -0.3 is 10.5 Å². The highest BCUT2D eigenvalue weighted by atomic mass is 35.5. The molecule has 1 rings (SSSR count). The van der Waals surface area contributed by atoms with Gasteiger partial charge in [0.2, 0.25) is 0 Å². The van der Waals surface area contributed by atoms with Crippen LogP contribution in [0.3, 0.4) is 0 Å². The summed E-state index contributed by atoms with van der Waals surface area (Å²) in [4.78, 5) is 12.0. The van der Waals surface area contributed by atoms with Crippen LogP contribution in [0.1, 0.15) is 25.8 Å². The zero-order valence-electron chi connectivity index (χ0n) is 10.2. The number of rotatable bonds is 5. The van der Waals surface area contributed by atoms with Crippen LogP contribution in [0, 0.1) is 0 Å². The predicted octanol–water partition coefficient (Wildman–Crippen LogP) is 2.51. The van der Waals surface area contributed by atoms with Crippen LogP contribution in [0.5, 0.6) is 0 Å². The van der Waals surface area contributed by atoms with Gasteiger partial charge in [-0.15, -0.1) is 0 Å². The molecule has 0 bridgehead atoms. The van der Waals surface area contributed by atoms with E-state index in [1.54, 1.807) is 19.1 Å². The lowest BCUT2D eigenvalue weighted by molar-refractivity contribution is -0.149. The normalized spacial score (nSPS) is 14.1. The van der Waals surface area contributed by atoms with E-state index >= 15 is 0 Å². The molecule has 1 atom stereocenters. The average Bonchev–Trinajstić information content (AvgIpc) is 2.29. The third-order valence-corrected chi connectivity index (χ3v) is 3.07. The zero-order chi connectivity index (χ0) is 12.9. The summed E-state index contributed by atoms with van der Waals surface area (Å²) in [6.07, 6.45) is 0.534. The van der Waals surface area contributed by atoms with E-state index in [2.05, 4.69) is 0 Å². The molecule has 0 aromatic heterocycles. The van der Waals surface area contributed by atoms with Crippen LogP contribution in [0.25, 0.3) is 0 Å². The van der Waals surface area contributed by atoms with Crippen LogP contribution in [-0.2, 0) is 14.9 Å². The number of ether oxygens (including phenoxy) is 1. The van der Waals surface area contributed by atoms with Gasteiger partial charge in [0.05, 0.1) is 12.0 Å². The number of nitrogens with two attached hydrogens (primary N) is 1. The summed E-state index contributed by atoms with van der Waals surface area (Å²) in [5, 5.41) is 0.607. The van der Waals surface area contributed by atoms with Crippen LogP contribution >= 0.6 is 11.6 Å². The average molecular weight is 256 g/mol. The molecule has 1 aromatic carbocycles. The number of carbonyl (C=O) groups excluding carboxylic acids is 1. The molecule has 1 aromatic rings. The van der Waals surface area contributed by atoms with Crippen molar-refractivity contribution in [2.75, 3.05) is 13.2 Å². The number of carbonyl (C=O) groups is 1. The van der Waals surface area contributed by atoms with Crippen LogP contribution in [0.4, 0.5) is 0 Å². The lowest BCUT2D eigenvalue weighted by Gasteiger charge is -2.27. The van der Waals surface area contributed by atoms with Gasteiger partial charge in [-0.2, -0.15) is 0 Å². The number of hydrogen-bond donors (Lipinski definition) is 1. The van der Waals surface area contributed by atoms with E-state index in [0.717, 1.165) is 5.56 Å². The first kappa shape index (κ1) is 14.0. The fraction of sp³-hybridized carbons (Fsp3) is 0.462. The lowest BCUT2D eigenvalue weighted by Crippen LogP contribution is -2.36. The first-order valence-electron chi connectivity index (χ1n) is 5.68. The fourth-order valence-corrected chi connectivity index (χ4v) is 1.97. The largest absolute Gasteiger partial charge is 0.465 e. The highest BCUT2D eigenvalue weighted by molar-refractivity contribution is 6.30. The van der Waals surface area contributed by atoms with E-state index in [4.69, 9.17) is 22.1 Å². The third kappa shape index (κ3) is 3.20. The molecule has 0 spiro atoms. The Morgan fingerprint density at radius 3 is 2.76 bits per heavy atom. The van der Waals surface area contributed by atoms with Crippen molar-refractivity contribution < 1.29 is 9.53 Å². The Kier molecular flexibility index (Phi) is 4.97. The number of hydrogen-bond acceptors (Lipinski definition) is 3. The molecule has 4 heteroatoms. The second-order valence-electron chi connectivity index (χ2n) is 4.10. The topological polar surface area (TPSA) is 52.3 Å². The van der Waals surface area contributed by atoms with Crippen molar-refractivity contribution in [1.29, 1.82) is 0 Å². The zero-order valence-corrected chi connectivity index (χ0v) is 11.0. The van der Waals surface area contributed by atoms with Gasteiger partial charge in [0.1, 0.15) is 0 Å². The first-order chi connectivity index (χ1) is 8.04. The van der Waals surface area contributed by atoms with Crippen molar-refractivity contribution in [3.63, 3.8) is 0 Å². The molecule has 0 fully saturated rings. The minimum Gasteiger partial charge on any atom is -0.465 e. The van der Waals surface area contributed by atoms with Crippen molar-refractivity contribution >= 4 is 17.6 Å². The maximum absolute atomic E-state index is 12.0. The van der Waals surface area contributed by atoms with Crippen molar-refractivity contribution in [3.8, 4) is 0 Å². The van der Waals surface area contributed by atoms with Gasteiger partial charge in [0.25, 0.3) is 0 Å². The molecule has 0 radical (unpaired) electrons. The van der Waals surface area contributed by atoms with Gasteiger partial charge in [-0.1, -0.05) is 23.7 Å².